The molecule has 0 bridgehead atoms. The first-order chi connectivity index (χ1) is 7.50. The first-order valence-electron chi connectivity index (χ1n) is 4.78. The number of Topliss-reactive ketones (excluding diaryl/α,β-unsaturated/α-hetero) is 2. The maximum Gasteiger partial charge on any atom is 0.265 e. The third kappa shape index (κ3) is 1.82. The molecule has 0 aromatic heterocycles. The second kappa shape index (κ2) is 4.10. The van der Waals surface area contributed by atoms with Crippen molar-refractivity contribution in [1.82, 2.24) is 4.90 Å². The van der Waals surface area contributed by atoms with E-state index in [4.69, 9.17) is 12.2 Å². The highest BCUT2D eigenvalue weighted by Crippen LogP contribution is 2.32. The number of thiocarbonyl (C=S) groups is 1. The second-order valence-corrected chi connectivity index (χ2v) is 5.35. The normalized spacial score (nSPS) is 25.3. The molecule has 4 nitrogen and oxygen atoms in total. The minimum Gasteiger partial charge on any atom is -0.299 e. The van der Waals surface area contributed by atoms with Crippen LogP contribution in [-0.2, 0) is 14.4 Å². The van der Waals surface area contributed by atoms with Gasteiger partial charge in [0.1, 0.15) is 15.9 Å². The van der Waals surface area contributed by atoms with Crippen LogP contribution >= 0.6 is 24.0 Å². The number of ketones is 2. The molecule has 84 valence electrons. The lowest BCUT2D eigenvalue weighted by Crippen LogP contribution is -2.23. The molecule has 1 heterocycles. The quantitative estimate of drug-likeness (QED) is 0.396. The van der Waals surface area contributed by atoms with Crippen LogP contribution in [0.1, 0.15) is 12.8 Å². The van der Waals surface area contributed by atoms with Gasteiger partial charge < -0.3 is 0 Å². The van der Waals surface area contributed by atoms with Crippen LogP contribution in [0.2, 0.25) is 0 Å². The van der Waals surface area contributed by atoms with Crippen LogP contribution in [0.4, 0.5) is 0 Å². The number of hydrogen-bond acceptors (Lipinski definition) is 5. The molecule has 0 aromatic carbocycles. The van der Waals surface area contributed by atoms with Crippen molar-refractivity contribution in [1.29, 1.82) is 0 Å². The minimum atomic E-state index is -0.735. The van der Waals surface area contributed by atoms with Gasteiger partial charge in [-0.3, -0.25) is 19.3 Å². The molecule has 1 aliphatic carbocycles. The van der Waals surface area contributed by atoms with Crippen molar-refractivity contribution in [2.45, 2.75) is 12.8 Å². The van der Waals surface area contributed by atoms with Crippen molar-refractivity contribution in [3.05, 3.63) is 11.0 Å². The Labute approximate surface area is 102 Å². The number of allylic oxidation sites excluding steroid dienone is 1. The number of rotatable bonds is 1. The maximum atomic E-state index is 11.6. The summed E-state index contributed by atoms with van der Waals surface area (Å²) in [6.45, 7) is 0. The van der Waals surface area contributed by atoms with E-state index in [0.717, 1.165) is 11.8 Å². The predicted molar refractivity (Wildman–Crippen MR) is 63.8 cm³/mol. The number of carbonyl (C=O) groups excluding carboxylic acids is 3. The van der Waals surface area contributed by atoms with Crippen molar-refractivity contribution in [3.8, 4) is 0 Å². The molecule has 2 fully saturated rings. The summed E-state index contributed by atoms with van der Waals surface area (Å²) in [4.78, 5) is 36.2. The minimum absolute atomic E-state index is 0.105. The molecule has 0 unspecified atom stereocenters. The second-order valence-electron chi connectivity index (χ2n) is 3.67. The van der Waals surface area contributed by atoms with Crippen LogP contribution in [0.5, 0.6) is 0 Å². The topological polar surface area (TPSA) is 54.5 Å². The molecule has 1 saturated carbocycles. The van der Waals surface area contributed by atoms with Crippen molar-refractivity contribution in [2.75, 3.05) is 7.05 Å². The smallest absolute Gasteiger partial charge is 0.265 e. The van der Waals surface area contributed by atoms with Gasteiger partial charge in [-0.25, -0.2) is 0 Å². The van der Waals surface area contributed by atoms with Crippen LogP contribution in [0, 0.1) is 5.92 Å². The Kier molecular flexibility index (Phi) is 2.94. The van der Waals surface area contributed by atoms with Crippen LogP contribution in [0.3, 0.4) is 0 Å². The molecule has 2 rings (SSSR count). The highest BCUT2D eigenvalue weighted by atomic mass is 32.2. The molecule has 0 radical (unpaired) electrons. The molecule has 0 atom stereocenters. The summed E-state index contributed by atoms with van der Waals surface area (Å²) in [7, 11) is 1.58. The summed E-state index contributed by atoms with van der Waals surface area (Å²) < 4.78 is 0.453. The summed E-state index contributed by atoms with van der Waals surface area (Å²) in [5, 5.41) is 0. The molecule has 6 heteroatoms. The van der Waals surface area contributed by atoms with Crippen LogP contribution in [0.15, 0.2) is 11.0 Å². The van der Waals surface area contributed by atoms with Gasteiger partial charge in [0.05, 0.1) is 10.8 Å². The highest BCUT2D eigenvalue weighted by Gasteiger charge is 2.35. The van der Waals surface area contributed by atoms with Crippen molar-refractivity contribution in [3.63, 3.8) is 0 Å². The third-order valence-corrected chi connectivity index (χ3v) is 4.12. The standard InChI is InChI=1S/C10H9NO3S2/c1-11-9(14)8(16-10(11)15)4-5-6(12)2-3-7(5)13/h4-5H,2-3H2,1H3/b8-4-. The summed E-state index contributed by atoms with van der Waals surface area (Å²) in [6, 6.07) is 0. The first-order valence-corrected chi connectivity index (χ1v) is 6.00. The third-order valence-electron chi connectivity index (χ3n) is 2.62. The van der Waals surface area contributed by atoms with E-state index in [0.29, 0.717) is 9.23 Å². The van der Waals surface area contributed by atoms with Gasteiger partial charge in [-0.1, -0.05) is 24.0 Å². The van der Waals surface area contributed by atoms with E-state index in [1.807, 2.05) is 0 Å². The highest BCUT2D eigenvalue weighted by molar-refractivity contribution is 8.26. The van der Waals surface area contributed by atoms with Gasteiger partial charge in [0.25, 0.3) is 5.91 Å². The molecule has 1 aliphatic heterocycles. The van der Waals surface area contributed by atoms with Gasteiger partial charge in [-0.2, -0.15) is 0 Å². The Morgan fingerprint density at radius 1 is 1.31 bits per heavy atom. The zero-order chi connectivity index (χ0) is 11.9. The zero-order valence-electron chi connectivity index (χ0n) is 8.56. The Morgan fingerprint density at radius 3 is 2.31 bits per heavy atom. The Morgan fingerprint density at radius 2 is 1.88 bits per heavy atom. The van der Waals surface area contributed by atoms with Gasteiger partial charge in [-0.05, 0) is 6.08 Å². The maximum absolute atomic E-state index is 11.6. The zero-order valence-corrected chi connectivity index (χ0v) is 10.2. The molecule has 0 aromatic rings. The Balaban J connectivity index is 2.25. The largest absolute Gasteiger partial charge is 0.299 e. The number of thioether (sulfide) groups is 1. The predicted octanol–water partition coefficient (Wildman–Crippen LogP) is 0.909. The SMILES string of the molecule is CN1C(=O)/C(=C/C2C(=O)CCC2=O)SC1=S. The van der Waals surface area contributed by atoms with E-state index in [2.05, 4.69) is 0 Å². The molecule has 0 spiro atoms. The Hall–Kier alpha value is -1.01. The number of likely N-dealkylation sites (N-methyl/N-ethyl adjacent to an activating group) is 1. The fourth-order valence-electron chi connectivity index (χ4n) is 1.63. The van der Waals surface area contributed by atoms with Crippen LogP contribution in [-0.4, -0.2) is 33.7 Å². The van der Waals surface area contributed by atoms with Crippen molar-refractivity contribution < 1.29 is 14.4 Å². The number of amides is 1. The number of hydrogen-bond donors (Lipinski definition) is 0. The van der Waals surface area contributed by atoms with Crippen molar-refractivity contribution >= 4 is 45.8 Å². The number of carbonyl (C=O) groups is 3. The van der Waals surface area contributed by atoms with E-state index in [1.165, 1.54) is 11.0 Å². The van der Waals surface area contributed by atoms with E-state index in [1.54, 1.807) is 7.05 Å². The lowest BCUT2D eigenvalue weighted by Gasteiger charge is -2.04. The number of nitrogens with zero attached hydrogens (tertiary/aromatic N) is 1. The average molecular weight is 255 g/mol. The lowest BCUT2D eigenvalue weighted by atomic mass is 10.1. The molecule has 1 saturated heterocycles. The van der Waals surface area contributed by atoms with Gasteiger partial charge in [-0.15, -0.1) is 0 Å². The first kappa shape index (κ1) is 11.5. The fourth-order valence-corrected chi connectivity index (χ4v) is 2.82. The molecular formula is C10H9NO3S2. The molecule has 2 aliphatic rings. The van der Waals surface area contributed by atoms with E-state index < -0.39 is 5.92 Å². The van der Waals surface area contributed by atoms with Crippen molar-refractivity contribution in [2.24, 2.45) is 5.92 Å². The summed E-state index contributed by atoms with van der Waals surface area (Å²) in [6.07, 6.45) is 2.03. The fraction of sp³-hybridized carbons (Fsp3) is 0.400. The van der Waals surface area contributed by atoms with Gasteiger partial charge in [0, 0.05) is 19.9 Å². The summed E-state index contributed by atoms with van der Waals surface area (Å²) in [5.74, 6) is -1.18. The van der Waals surface area contributed by atoms with Crippen LogP contribution in [0.25, 0.3) is 0 Å². The molecule has 16 heavy (non-hydrogen) atoms. The van der Waals surface area contributed by atoms with Gasteiger partial charge in [0.2, 0.25) is 0 Å². The molecule has 1 amide bonds. The lowest BCUT2D eigenvalue weighted by molar-refractivity contribution is -0.125. The van der Waals surface area contributed by atoms with E-state index in [9.17, 15) is 14.4 Å². The monoisotopic (exact) mass is 255 g/mol. The van der Waals surface area contributed by atoms with E-state index in [-0.39, 0.29) is 30.3 Å². The molecular weight excluding hydrogens is 246 g/mol. The van der Waals surface area contributed by atoms with Gasteiger partial charge in [0.15, 0.2) is 0 Å². The van der Waals surface area contributed by atoms with E-state index >= 15 is 0 Å². The molecule has 0 N–H and O–H groups in total. The Bertz CT molecular complexity index is 425. The summed E-state index contributed by atoms with van der Waals surface area (Å²) >= 11 is 6.09. The average Bonchev–Trinajstić information content (AvgIpc) is 2.67. The van der Waals surface area contributed by atoms with Gasteiger partial charge >= 0.3 is 0 Å². The summed E-state index contributed by atoms with van der Waals surface area (Å²) in [5.41, 5.74) is 0. The van der Waals surface area contributed by atoms with Crippen LogP contribution < -0.4 is 0 Å².